The summed E-state index contributed by atoms with van der Waals surface area (Å²) in [5, 5.41) is 3.17. The van der Waals surface area contributed by atoms with E-state index in [-0.39, 0.29) is 24.7 Å². The number of esters is 1. The minimum Gasteiger partial charge on any atom is -0.453 e. The number of nitrogens with one attached hydrogen (secondary N) is 1. The first-order chi connectivity index (χ1) is 13.3. The number of rotatable bonds is 6. The van der Waals surface area contributed by atoms with Gasteiger partial charge in [-0.15, -0.1) is 0 Å². The molecule has 1 aliphatic rings. The summed E-state index contributed by atoms with van der Waals surface area (Å²) < 4.78 is 5.09. The monoisotopic (exact) mass is 409 g/mol. The predicted octanol–water partition coefficient (Wildman–Crippen LogP) is 1.68. The van der Waals surface area contributed by atoms with Gasteiger partial charge in [0.15, 0.2) is 6.10 Å². The number of carbonyl (C=O) groups is 4. The average Bonchev–Trinajstić information content (AvgIpc) is 2.67. The molecule has 3 amide bonds. The first-order valence-corrected chi connectivity index (χ1v) is 9.43. The van der Waals surface area contributed by atoms with Gasteiger partial charge in [0.05, 0.1) is 6.42 Å². The van der Waals surface area contributed by atoms with Crippen LogP contribution in [0.4, 0.5) is 5.69 Å². The molecule has 0 radical (unpaired) electrons. The fourth-order valence-electron chi connectivity index (χ4n) is 2.72. The fourth-order valence-corrected chi connectivity index (χ4v) is 2.85. The minimum atomic E-state index is -0.989. The molecule has 0 spiro atoms. The lowest BCUT2D eigenvalue weighted by molar-refractivity contribution is -0.154. The maximum Gasteiger partial charge on any atom is 0.307 e. The normalized spacial score (nSPS) is 15.0. The molecule has 0 aromatic heterocycles. The van der Waals surface area contributed by atoms with Crippen LogP contribution in [0.15, 0.2) is 24.3 Å². The van der Waals surface area contributed by atoms with E-state index in [4.69, 9.17) is 16.3 Å². The molecule has 1 aromatic rings. The van der Waals surface area contributed by atoms with Crippen LogP contribution in [0.25, 0.3) is 0 Å². The molecule has 0 aliphatic carbocycles. The van der Waals surface area contributed by atoms with Gasteiger partial charge < -0.3 is 19.9 Å². The lowest BCUT2D eigenvalue weighted by Gasteiger charge is -2.34. The van der Waals surface area contributed by atoms with Crippen molar-refractivity contribution in [2.24, 2.45) is 0 Å². The number of hydrogen-bond donors (Lipinski definition) is 1. The first-order valence-electron chi connectivity index (χ1n) is 9.05. The molecule has 1 fully saturated rings. The van der Waals surface area contributed by atoms with Crippen molar-refractivity contribution in [2.75, 3.05) is 31.5 Å². The molecule has 0 bridgehead atoms. The van der Waals surface area contributed by atoms with Crippen molar-refractivity contribution < 1.29 is 23.9 Å². The number of hydrogen-bond acceptors (Lipinski definition) is 5. The summed E-state index contributed by atoms with van der Waals surface area (Å²) in [5.74, 6) is -1.27. The van der Waals surface area contributed by atoms with Gasteiger partial charge in [-0.3, -0.25) is 19.2 Å². The third kappa shape index (κ3) is 6.53. The van der Waals surface area contributed by atoms with E-state index in [9.17, 15) is 19.2 Å². The maximum absolute atomic E-state index is 12.2. The summed E-state index contributed by atoms with van der Waals surface area (Å²) >= 11 is 5.79. The van der Waals surface area contributed by atoms with Crippen LogP contribution in [0.3, 0.4) is 0 Å². The zero-order valence-corrected chi connectivity index (χ0v) is 16.7. The number of piperazine rings is 1. The van der Waals surface area contributed by atoms with Gasteiger partial charge in [-0.05, 0) is 31.2 Å². The maximum atomic E-state index is 12.2. The number of carbonyl (C=O) groups excluding carboxylic acids is 4. The van der Waals surface area contributed by atoms with E-state index < -0.39 is 18.0 Å². The van der Waals surface area contributed by atoms with E-state index in [0.717, 1.165) is 0 Å². The van der Waals surface area contributed by atoms with Gasteiger partial charge in [0.2, 0.25) is 11.8 Å². The Morgan fingerprint density at radius 3 is 2.18 bits per heavy atom. The van der Waals surface area contributed by atoms with E-state index in [1.807, 2.05) is 0 Å². The van der Waals surface area contributed by atoms with Crippen molar-refractivity contribution in [3.63, 3.8) is 0 Å². The average molecular weight is 410 g/mol. The van der Waals surface area contributed by atoms with Crippen molar-refractivity contribution in [3.8, 4) is 0 Å². The summed E-state index contributed by atoms with van der Waals surface area (Å²) in [5.41, 5.74) is 0.539. The largest absolute Gasteiger partial charge is 0.453 e. The summed E-state index contributed by atoms with van der Waals surface area (Å²) in [6, 6.07) is 6.55. The van der Waals surface area contributed by atoms with Crippen LogP contribution in [-0.2, 0) is 23.9 Å². The van der Waals surface area contributed by atoms with Crippen molar-refractivity contribution >= 4 is 41.0 Å². The lowest BCUT2D eigenvalue weighted by Crippen LogP contribution is -2.50. The Hall–Kier alpha value is -2.61. The van der Waals surface area contributed by atoms with Gasteiger partial charge >= 0.3 is 5.97 Å². The molecule has 1 N–H and O–H groups in total. The number of anilines is 1. The van der Waals surface area contributed by atoms with E-state index in [2.05, 4.69) is 5.32 Å². The second kappa shape index (κ2) is 10.1. The highest BCUT2D eigenvalue weighted by Crippen LogP contribution is 2.14. The second-order valence-electron chi connectivity index (χ2n) is 6.52. The SMILES string of the molecule is CC(=O)N1CCN(C(=O)CCC(=O)O[C@@H](C)C(=O)Nc2ccc(Cl)cc2)CC1. The standard InChI is InChI=1S/C19H24ClN3O5/c1-13(19(27)21-16-5-3-15(20)4-6-16)28-18(26)8-7-17(25)23-11-9-22(10-12-23)14(2)24/h3-6,13H,7-12H2,1-2H3,(H,21,27)/t13-/m0/s1. The molecule has 0 unspecified atom stereocenters. The molecule has 1 aromatic carbocycles. The van der Waals surface area contributed by atoms with Crippen LogP contribution in [-0.4, -0.2) is 65.8 Å². The molecule has 1 saturated heterocycles. The summed E-state index contributed by atoms with van der Waals surface area (Å²) in [4.78, 5) is 50.8. The number of benzene rings is 1. The Bertz CT molecular complexity index is 730. The van der Waals surface area contributed by atoms with Gasteiger partial charge in [0.25, 0.3) is 5.91 Å². The van der Waals surface area contributed by atoms with E-state index >= 15 is 0 Å². The van der Waals surface area contributed by atoms with Gasteiger partial charge in [-0.1, -0.05) is 11.6 Å². The van der Waals surface area contributed by atoms with Crippen LogP contribution in [0.5, 0.6) is 0 Å². The fraction of sp³-hybridized carbons (Fsp3) is 0.474. The molecular weight excluding hydrogens is 386 g/mol. The van der Waals surface area contributed by atoms with Gasteiger partial charge in [-0.25, -0.2) is 0 Å². The predicted molar refractivity (Wildman–Crippen MR) is 104 cm³/mol. The van der Waals surface area contributed by atoms with Crippen LogP contribution < -0.4 is 5.32 Å². The van der Waals surface area contributed by atoms with Crippen molar-refractivity contribution in [2.45, 2.75) is 32.8 Å². The first kappa shape index (κ1) is 21.7. The summed E-state index contributed by atoms with van der Waals surface area (Å²) in [6.07, 6.45) is -1.09. The van der Waals surface area contributed by atoms with E-state index in [0.29, 0.717) is 36.9 Å². The number of halogens is 1. The van der Waals surface area contributed by atoms with Crippen molar-refractivity contribution in [3.05, 3.63) is 29.3 Å². The Kier molecular flexibility index (Phi) is 7.80. The minimum absolute atomic E-state index is 0.00439. The van der Waals surface area contributed by atoms with Crippen molar-refractivity contribution in [1.82, 2.24) is 9.80 Å². The molecule has 8 nitrogen and oxygen atoms in total. The Morgan fingerprint density at radius 2 is 1.61 bits per heavy atom. The van der Waals surface area contributed by atoms with Crippen LogP contribution in [0.2, 0.25) is 5.02 Å². The Labute approximate surface area is 168 Å². The van der Waals surface area contributed by atoms with Crippen LogP contribution in [0, 0.1) is 0 Å². The molecule has 9 heteroatoms. The van der Waals surface area contributed by atoms with Gasteiger partial charge in [0, 0.05) is 50.2 Å². The van der Waals surface area contributed by atoms with E-state index in [1.54, 1.807) is 34.1 Å². The highest BCUT2D eigenvalue weighted by Gasteiger charge is 2.24. The molecular formula is C19H24ClN3O5. The Morgan fingerprint density at radius 1 is 1.04 bits per heavy atom. The third-order valence-electron chi connectivity index (χ3n) is 4.41. The number of amides is 3. The van der Waals surface area contributed by atoms with E-state index in [1.165, 1.54) is 13.8 Å². The zero-order chi connectivity index (χ0) is 20.7. The summed E-state index contributed by atoms with van der Waals surface area (Å²) in [6.45, 7) is 4.85. The highest BCUT2D eigenvalue weighted by atomic mass is 35.5. The van der Waals surface area contributed by atoms with Crippen molar-refractivity contribution in [1.29, 1.82) is 0 Å². The number of nitrogens with zero attached hydrogens (tertiary/aromatic N) is 2. The highest BCUT2D eigenvalue weighted by molar-refractivity contribution is 6.30. The zero-order valence-electron chi connectivity index (χ0n) is 15.9. The second-order valence-corrected chi connectivity index (χ2v) is 6.95. The smallest absolute Gasteiger partial charge is 0.307 e. The quantitative estimate of drug-likeness (QED) is 0.721. The van der Waals surface area contributed by atoms with Crippen LogP contribution in [0.1, 0.15) is 26.7 Å². The molecule has 2 rings (SSSR count). The Balaban J connectivity index is 1.71. The molecule has 1 atom stereocenters. The number of ether oxygens (including phenoxy) is 1. The van der Waals surface area contributed by atoms with Gasteiger partial charge in [-0.2, -0.15) is 0 Å². The molecule has 152 valence electrons. The summed E-state index contributed by atoms with van der Waals surface area (Å²) in [7, 11) is 0. The molecule has 1 aliphatic heterocycles. The molecule has 0 saturated carbocycles. The molecule has 1 heterocycles. The topological polar surface area (TPSA) is 96.0 Å². The molecule has 28 heavy (non-hydrogen) atoms. The van der Waals surface area contributed by atoms with Crippen LogP contribution >= 0.6 is 11.6 Å². The van der Waals surface area contributed by atoms with Gasteiger partial charge in [0.1, 0.15) is 0 Å². The lowest BCUT2D eigenvalue weighted by atomic mass is 10.2. The third-order valence-corrected chi connectivity index (χ3v) is 4.66.